The second-order valence-electron chi connectivity index (χ2n) is 4.23. The fourth-order valence-corrected chi connectivity index (χ4v) is 1.87. The molecule has 0 aliphatic heterocycles. The van der Waals surface area contributed by atoms with Gasteiger partial charge in [0.2, 0.25) is 0 Å². The molecule has 2 aromatic rings. The molecular weight excluding hydrogens is 268 g/mol. The molecule has 0 N–H and O–H groups in total. The quantitative estimate of drug-likeness (QED) is 0.490. The number of ether oxygens (including phenoxy) is 2. The predicted octanol–water partition coefficient (Wildman–Crippen LogP) is 2.40. The summed E-state index contributed by atoms with van der Waals surface area (Å²) >= 11 is 0. The number of nitriles is 1. The standard InChI is InChI=1S/C16H14N2O3/c1-20-15-4-3-13(10-16(15)21-2)14(11-17)9-12-5-7-18(19)8-6-12/h3-10H,1-2H3. The molecule has 0 unspecified atom stereocenters. The third-order valence-electron chi connectivity index (χ3n) is 2.95. The number of nitrogens with zero attached hydrogens (tertiary/aromatic N) is 2. The highest BCUT2D eigenvalue weighted by molar-refractivity contribution is 5.90. The van der Waals surface area contributed by atoms with E-state index in [1.807, 2.05) is 0 Å². The fraction of sp³-hybridized carbons (Fsp3) is 0.125. The van der Waals surface area contributed by atoms with Crippen molar-refractivity contribution in [3.8, 4) is 17.6 Å². The number of hydrogen-bond donors (Lipinski definition) is 0. The van der Waals surface area contributed by atoms with Gasteiger partial charge in [0, 0.05) is 12.1 Å². The van der Waals surface area contributed by atoms with Crippen LogP contribution in [0.2, 0.25) is 0 Å². The highest BCUT2D eigenvalue weighted by atomic mass is 16.5. The first-order valence-corrected chi connectivity index (χ1v) is 6.21. The van der Waals surface area contributed by atoms with Crippen LogP contribution >= 0.6 is 0 Å². The Bertz CT molecular complexity index is 700. The first-order valence-electron chi connectivity index (χ1n) is 6.21. The third kappa shape index (κ3) is 3.31. The summed E-state index contributed by atoms with van der Waals surface area (Å²) in [7, 11) is 3.10. The van der Waals surface area contributed by atoms with Crippen LogP contribution in [-0.2, 0) is 0 Å². The van der Waals surface area contributed by atoms with Gasteiger partial charge in [0.15, 0.2) is 23.9 Å². The molecule has 1 aromatic heterocycles. The first-order chi connectivity index (χ1) is 10.2. The highest BCUT2D eigenvalue weighted by Gasteiger charge is 2.08. The summed E-state index contributed by atoms with van der Waals surface area (Å²) < 4.78 is 11.1. The maximum absolute atomic E-state index is 11.0. The third-order valence-corrected chi connectivity index (χ3v) is 2.95. The lowest BCUT2D eigenvalue weighted by atomic mass is 10.0. The fourth-order valence-electron chi connectivity index (χ4n) is 1.87. The van der Waals surface area contributed by atoms with Crippen molar-refractivity contribution in [3.05, 3.63) is 59.1 Å². The molecule has 0 fully saturated rings. The van der Waals surface area contributed by atoms with Crippen LogP contribution in [0.3, 0.4) is 0 Å². The number of benzene rings is 1. The van der Waals surface area contributed by atoms with Gasteiger partial charge in [0.1, 0.15) is 0 Å². The molecule has 1 aromatic carbocycles. The zero-order valence-electron chi connectivity index (χ0n) is 11.7. The number of hydrogen-bond acceptors (Lipinski definition) is 4. The average molecular weight is 282 g/mol. The van der Waals surface area contributed by atoms with Crippen LogP contribution in [0.1, 0.15) is 11.1 Å². The topological polar surface area (TPSA) is 69.2 Å². The first kappa shape index (κ1) is 14.4. The number of pyridine rings is 1. The van der Waals surface area contributed by atoms with Crippen LogP contribution in [0.5, 0.6) is 11.5 Å². The molecule has 0 bridgehead atoms. The average Bonchev–Trinajstić information content (AvgIpc) is 2.53. The Morgan fingerprint density at radius 2 is 1.81 bits per heavy atom. The summed E-state index contributed by atoms with van der Waals surface area (Å²) in [5.74, 6) is 1.16. The van der Waals surface area contributed by atoms with Gasteiger partial charge in [-0.1, -0.05) is 0 Å². The number of methoxy groups -OCH3 is 2. The Balaban J connectivity index is 2.42. The summed E-state index contributed by atoms with van der Waals surface area (Å²) in [6.45, 7) is 0. The van der Waals surface area contributed by atoms with Gasteiger partial charge in [-0.25, -0.2) is 0 Å². The second-order valence-corrected chi connectivity index (χ2v) is 4.23. The van der Waals surface area contributed by atoms with E-state index in [1.54, 1.807) is 50.6 Å². The SMILES string of the molecule is COc1ccc(C(C#N)=Cc2cc[n+]([O-])cc2)cc1OC. The van der Waals surface area contributed by atoms with E-state index in [0.29, 0.717) is 27.4 Å². The van der Waals surface area contributed by atoms with Gasteiger partial charge in [-0.15, -0.1) is 0 Å². The molecule has 0 saturated heterocycles. The lowest BCUT2D eigenvalue weighted by molar-refractivity contribution is -0.605. The Morgan fingerprint density at radius 3 is 2.38 bits per heavy atom. The van der Waals surface area contributed by atoms with Gasteiger partial charge >= 0.3 is 0 Å². The van der Waals surface area contributed by atoms with Crippen LogP contribution in [0, 0.1) is 16.5 Å². The lowest BCUT2D eigenvalue weighted by Crippen LogP contribution is -2.23. The number of rotatable bonds is 4. The molecule has 21 heavy (non-hydrogen) atoms. The van der Waals surface area contributed by atoms with Crippen LogP contribution < -0.4 is 14.2 Å². The van der Waals surface area contributed by atoms with E-state index in [2.05, 4.69) is 6.07 Å². The summed E-state index contributed by atoms with van der Waals surface area (Å²) in [4.78, 5) is 0. The summed E-state index contributed by atoms with van der Waals surface area (Å²) in [5.41, 5.74) is 1.96. The van der Waals surface area contributed by atoms with Gasteiger partial charge in [-0.2, -0.15) is 9.99 Å². The summed E-state index contributed by atoms with van der Waals surface area (Å²) in [6, 6.07) is 10.7. The minimum Gasteiger partial charge on any atom is -0.619 e. The molecule has 0 spiro atoms. The maximum atomic E-state index is 11.0. The van der Waals surface area contributed by atoms with Crippen LogP contribution in [0.25, 0.3) is 11.6 Å². The molecule has 5 heteroatoms. The van der Waals surface area contributed by atoms with Gasteiger partial charge in [-0.05, 0) is 35.4 Å². The minimum absolute atomic E-state index is 0.472. The lowest BCUT2D eigenvalue weighted by Gasteiger charge is -2.09. The Morgan fingerprint density at radius 1 is 1.14 bits per heavy atom. The maximum Gasteiger partial charge on any atom is 0.180 e. The number of aromatic nitrogens is 1. The van der Waals surface area contributed by atoms with Crippen molar-refractivity contribution in [2.45, 2.75) is 0 Å². The molecule has 5 nitrogen and oxygen atoms in total. The predicted molar refractivity (Wildman–Crippen MR) is 78.4 cm³/mol. The van der Waals surface area contributed by atoms with Crippen molar-refractivity contribution in [2.75, 3.05) is 14.2 Å². The van der Waals surface area contributed by atoms with Gasteiger partial charge in [0.25, 0.3) is 0 Å². The van der Waals surface area contributed by atoms with Crippen molar-refractivity contribution in [1.29, 1.82) is 5.26 Å². The Hall–Kier alpha value is -3.00. The Labute approximate surface area is 122 Å². The molecule has 0 radical (unpaired) electrons. The van der Waals surface area contributed by atoms with Gasteiger partial charge in [0.05, 0.1) is 25.9 Å². The molecule has 1 heterocycles. The zero-order valence-corrected chi connectivity index (χ0v) is 11.7. The Kier molecular flexibility index (Phi) is 4.42. The normalized spacial score (nSPS) is 10.8. The van der Waals surface area contributed by atoms with Crippen LogP contribution in [0.4, 0.5) is 0 Å². The van der Waals surface area contributed by atoms with E-state index in [1.165, 1.54) is 12.4 Å². The van der Waals surface area contributed by atoms with Gasteiger partial charge in [-0.3, -0.25) is 0 Å². The number of allylic oxidation sites excluding steroid dienone is 1. The van der Waals surface area contributed by atoms with Crippen LogP contribution in [0.15, 0.2) is 42.7 Å². The van der Waals surface area contributed by atoms with E-state index >= 15 is 0 Å². The monoisotopic (exact) mass is 282 g/mol. The largest absolute Gasteiger partial charge is 0.619 e. The molecule has 0 aliphatic rings. The smallest absolute Gasteiger partial charge is 0.180 e. The molecule has 0 aliphatic carbocycles. The second kappa shape index (κ2) is 6.44. The minimum atomic E-state index is 0.472. The molecule has 0 saturated carbocycles. The van der Waals surface area contributed by atoms with E-state index in [9.17, 15) is 10.5 Å². The van der Waals surface area contributed by atoms with Crippen molar-refractivity contribution in [2.24, 2.45) is 0 Å². The van der Waals surface area contributed by atoms with E-state index in [-0.39, 0.29) is 0 Å². The van der Waals surface area contributed by atoms with Crippen molar-refractivity contribution in [3.63, 3.8) is 0 Å². The molecule has 0 amide bonds. The van der Waals surface area contributed by atoms with E-state index in [4.69, 9.17) is 9.47 Å². The van der Waals surface area contributed by atoms with Crippen molar-refractivity contribution in [1.82, 2.24) is 0 Å². The summed E-state index contributed by atoms with van der Waals surface area (Å²) in [5, 5.41) is 20.3. The summed E-state index contributed by atoms with van der Waals surface area (Å²) in [6.07, 6.45) is 4.48. The molecule has 106 valence electrons. The highest BCUT2D eigenvalue weighted by Crippen LogP contribution is 2.30. The van der Waals surface area contributed by atoms with Crippen molar-refractivity contribution < 1.29 is 14.2 Å². The molecule has 2 rings (SSSR count). The van der Waals surface area contributed by atoms with E-state index in [0.717, 1.165) is 5.56 Å². The van der Waals surface area contributed by atoms with Crippen molar-refractivity contribution >= 4 is 11.6 Å². The molecular formula is C16H14N2O3. The van der Waals surface area contributed by atoms with E-state index < -0.39 is 0 Å². The molecule has 0 atom stereocenters. The van der Waals surface area contributed by atoms with Crippen LogP contribution in [-0.4, -0.2) is 14.2 Å². The zero-order chi connectivity index (χ0) is 15.2. The van der Waals surface area contributed by atoms with Gasteiger partial charge < -0.3 is 14.7 Å².